The summed E-state index contributed by atoms with van der Waals surface area (Å²) in [6, 6.07) is 69.2. The van der Waals surface area contributed by atoms with Gasteiger partial charge in [0.1, 0.15) is 0 Å². The molecule has 0 heterocycles. The number of rotatable bonds is 6. The first-order valence-corrected chi connectivity index (χ1v) is 19.4. The van der Waals surface area contributed by atoms with Crippen LogP contribution in [0.1, 0.15) is 49.9 Å². The van der Waals surface area contributed by atoms with Crippen molar-refractivity contribution in [1.82, 2.24) is 0 Å². The monoisotopic (exact) mass is 705 g/mol. The summed E-state index contributed by atoms with van der Waals surface area (Å²) in [5.41, 5.74) is 21.8. The van der Waals surface area contributed by atoms with Crippen LogP contribution in [0, 0.1) is 0 Å². The van der Waals surface area contributed by atoms with Gasteiger partial charge in [0, 0.05) is 27.9 Å². The third kappa shape index (κ3) is 5.37. The molecule has 0 spiro atoms. The molecule has 10 rings (SSSR count). The molecule has 2 aliphatic rings. The normalized spacial score (nSPS) is 14.1. The number of nitrogens with zero attached hydrogens (tertiary/aromatic N) is 1. The van der Waals surface area contributed by atoms with Crippen molar-refractivity contribution in [1.29, 1.82) is 0 Å². The first-order chi connectivity index (χ1) is 26.8. The van der Waals surface area contributed by atoms with Gasteiger partial charge in [0.05, 0.1) is 0 Å². The van der Waals surface area contributed by atoms with Crippen LogP contribution in [0.25, 0.3) is 55.6 Å². The van der Waals surface area contributed by atoms with Crippen LogP contribution in [-0.4, -0.2) is 0 Å². The van der Waals surface area contributed by atoms with Crippen LogP contribution in [0.2, 0.25) is 0 Å². The van der Waals surface area contributed by atoms with Crippen molar-refractivity contribution in [2.75, 3.05) is 4.90 Å². The Kier molecular flexibility index (Phi) is 7.58. The molecule has 264 valence electrons. The van der Waals surface area contributed by atoms with Gasteiger partial charge in [0.2, 0.25) is 0 Å². The molecule has 0 unspecified atom stereocenters. The first-order valence-electron chi connectivity index (χ1n) is 19.4. The molecule has 8 aromatic carbocycles. The predicted molar refractivity (Wildman–Crippen MR) is 233 cm³/mol. The van der Waals surface area contributed by atoms with Crippen LogP contribution in [0.3, 0.4) is 0 Å². The Balaban J connectivity index is 0.972. The summed E-state index contributed by atoms with van der Waals surface area (Å²) >= 11 is 0. The average molecular weight is 706 g/mol. The number of hydrogen-bond acceptors (Lipinski definition) is 1. The maximum atomic E-state index is 2.51. The van der Waals surface area contributed by atoms with Gasteiger partial charge in [-0.05, 0) is 132 Å². The largest absolute Gasteiger partial charge is 0.311 e. The van der Waals surface area contributed by atoms with E-state index in [1.54, 1.807) is 0 Å². The zero-order valence-electron chi connectivity index (χ0n) is 31.8. The zero-order valence-corrected chi connectivity index (χ0v) is 31.8. The second-order valence-electron chi connectivity index (χ2n) is 16.2. The van der Waals surface area contributed by atoms with E-state index in [-0.39, 0.29) is 10.8 Å². The second-order valence-corrected chi connectivity index (χ2v) is 16.2. The van der Waals surface area contributed by atoms with Crippen molar-refractivity contribution in [2.24, 2.45) is 0 Å². The Bertz CT molecular complexity index is 2700. The summed E-state index contributed by atoms with van der Waals surface area (Å²) < 4.78 is 0. The summed E-state index contributed by atoms with van der Waals surface area (Å²) in [6.45, 7) is 9.52. The molecule has 0 bridgehead atoms. The highest BCUT2D eigenvalue weighted by Gasteiger charge is 2.41. The Morgan fingerprint density at radius 2 is 0.636 bits per heavy atom. The minimum atomic E-state index is -0.0683. The number of fused-ring (bicyclic) bond motifs is 6. The molecule has 0 atom stereocenters. The standard InChI is InChI=1S/C54H43N/c1-53(2)49-18-12-11-17-45(49)47-34-52-48(35-51(47)53)46-33-41(27-32-50(46)54(52,3)4)40-25-30-44(31-26-40)55(42-15-9-6-10-16-42)43-28-23-39(24-29-43)38-21-19-37(20-22-38)36-13-7-5-8-14-36/h5-35H,1-4H3. The fourth-order valence-electron chi connectivity index (χ4n) is 9.24. The number of para-hydroxylation sites is 1. The Morgan fingerprint density at radius 3 is 1.20 bits per heavy atom. The Labute approximate surface area is 325 Å². The highest BCUT2D eigenvalue weighted by atomic mass is 15.1. The van der Waals surface area contributed by atoms with Crippen LogP contribution in [-0.2, 0) is 10.8 Å². The van der Waals surface area contributed by atoms with Crippen molar-refractivity contribution in [3.63, 3.8) is 0 Å². The molecular weight excluding hydrogens is 663 g/mol. The summed E-state index contributed by atoms with van der Waals surface area (Å²) in [5.74, 6) is 0. The lowest BCUT2D eigenvalue weighted by Gasteiger charge is -2.26. The molecule has 0 radical (unpaired) electrons. The SMILES string of the molecule is CC1(C)c2ccccc2-c2cc3c(cc21)-c1cc(-c2ccc(N(c4ccccc4)c4ccc(-c5ccc(-c6ccccc6)cc5)cc4)cc2)ccc1C3(C)C. The van der Waals surface area contributed by atoms with E-state index in [9.17, 15) is 0 Å². The molecule has 0 saturated heterocycles. The quantitative estimate of drug-likeness (QED) is 0.166. The summed E-state index contributed by atoms with van der Waals surface area (Å²) in [5, 5.41) is 0. The maximum absolute atomic E-state index is 2.51. The number of hydrogen-bond donors (Lipinski definition) is 0. The second kappa shape index (κ2) is 12.6. The Morgan fingerprint density at radius 1 is 0.273 bits per heavy atom. The molecule has 0 N–H and O–H groups in total. The van der Waals surface area contributed by atoms with Crippen LogP contribution < -0.4 is 4.90 Å². The first kappa shape index (κ1) is 33.2. The van der Waals surface area contributed by atoms with E-state index in [4.69, 9.17) is 0 Å². The topological polar surface area (TPSA) is 3.24 Å². The molecule has 2 aliphatic carbocycles. The predicted octanol–water partition coefficient (Wildman–Crippen LogP) is 14.8. The van der Waals surface area contributed by atoms with E-state index in [1.165, 1.54) is 77.9 Å². The molecule has 1 nitrogen and oxygen atoms in total. The fraction of sp³-hybridized carbons (Fsp3) is 0.111. The van der Waals surface area contributed by atoms with Crippen molar-refractivity contribution in [3.8, 4) is 55.6 Å². The van der Waals surface area contributed by atoms with Crippen molar-refractivity contribution >= 4 is 17.1 Å². The van der Waals surface area contributed by atoms with Gasteiger partial charge in [-0.2, -0.15) is 0 Å². The van der Waals surface area contributed by atoms with Crippen LogP contribution in [0.15, 0.2) is 188 Å². The maximum Gasteiger partial charge on any atom is 0.0462 e. The summed E-state index contributed by atoms with van der Waals surface area (Å²) in [7, 11) is 0. The van der Waals surface area contributed by atoms with Crippen LogP contribution >= 0.6 is 0 Å². The average Bonchev–Trinajstić information content (AvgIpc) is 3.60. The molecule has 8 aromatic rings. The van der Waals surface area contributed by atoms with Gasteiger partial charge in [-0.25, -0.2) is 0 Å². The molecule has 55 heavy (non-hydrogen) atoms. The van der Waals surface area contributed by atoms with Crippen molar-refractivity contribution in [3.05, 3.63) is 210 Å². The summed E-state index contributed by atoms with van der Waals surface area (Å²) in [4.78, 5) is 2.34. The smallest absolute Gasteiger partial charge is 0.0462 e. The third-order valence-electron chi connectivity index (χ3n) is 12.3. The van der Waals surface area contributed by atoms with E-state index in [2.05, 4.69) is 221 Å². The van der Waals surface area contributed by atoms with E-state index >= 15 is 0 Å². The third-order valence-corrected chi connectivity index (χ3v) is 12.3. The van der Waals surface area contributed by atoms with E-state index in [1.807, 2.05) is 0 Å². The molecule has 0 amide bonds. The minimum absolute atomic E-state index is 0.0274. The van der Waals surface area contributed by atoms with E-state index in [0.29, 0.717) is 0 Å². The lowest BCUT2D eigenvalue weighted by molar-refractivity contribution is 0.652. The van der Waals surface area contributed by atoms with E-state index < -0.39 is 0 Å². The molecule has 0 aliphatic heterocycles. The molecule has 0 saturated carbocycles. The molecular formula is C54H43N. The molecule has 0 fully saturated rings. The lowest BCUT2D eigenvalue weighted by atomic mass is 9.79. The zero-order chi connectivity index (χ0) is 37.3. The lowest BCUT2D eigenvalue weighted by Crippen LogP contribution is -2.16. The van der Waals surface area contributed by atoms with Gasteiger partial charge in [0.15, 0.2) is 0 Å². The van der Waals surface area contributed by atoms with Gasteiger partial charge in [-0.1, -0.05) is 161 Å². The van der Waals surface area contributed by atoms with Gasteiger partial charge < -0.3 is 4.90 Å². The van der Waals surface area contributed by atoms with Crippen molar-refractivity contribution < 1.29 is 0 Å². The molecule has 1 heteroatoms. The van der Waals surface area contributed by atoms with Gasteiger partial charge in [-0.3, -0.25) is 0 Å². The molecule has 0 aromatic heterocycles. The van der Waals surface area contributed by atoms with E-state index in [0.717, 1.165) is 17.1 Å². The number of benzene rings is 8. The van der Waals surface area contributed by atoms with Gasteiger partial charge >= 0.3 is 0 Å². The van der Waals surface area contributed by atoms with Crippen LogP contribution in [0.4, 0.5) is 17.1 Å². The van der Waals surface area contributed by atoms with Gasteiger partial charge in [0.25, 0.3) is 0 Å². The van der Waals surface area contributed by atoms with Crippen LogP contribution in [0.5, 0.6) is 0 Å². The highest BCUT2D eigenvalue weighted by molar-refractivity contribution is 5.91. The highest BCUT2D eigenvalue weighted by Crippen LogP contribution is 2.56. The Hall–Kier alpha value is -6.44. The fourth-order valence-corrected chi connectivity index (χ4v) is 9.24. The van der Waals surface area contributed by atoms with Gasteiger partial charge in [-0.15, -0.1) is 0 Å². The minimum Gasteiger partial charge on any atom is -0.311 e. The summed E-state index contributed by atoms with van der Waals surface area (Å²) in [6.07, 6.45) is 0. The van der Waals surface area contributed by atoms with Crippen molar-refractivity contribution in [2.45, 2.75) is 38.5 Å². The number of anilines is 3.